The van der Waals surface area contributed by atoms with Gasteiger partial charge in [0, 0.05) is 17.1 Å². The molecule has 1 aromatic heterocycles. The molecule has 0 unspecified atom stereocenters. The van der Waals surface area contributed by atoms with Crippen LogP contribution in [0.25, 0.3) is 0 Å². The van der Waals surface area contributed by atoms with E-state index in [4.69, 9.17) is 4.74 Å². The van der Waals surface area contributed by atoms with E-state index in [1.54, 1.807) is 6.92 Å². The number of urea groups is 1. The molecule has 0 spiro atoms. The normalized spacial score (nSPS) is 19.0. The summed E-state index contributed by atoms with van der Waals surface area (Å²) < 4.78 is 5.33. The summed E-state index contributed by atoms with van der Waals surface area (Å²) in [5.74, 6) is -0.395. The van der Waals surface area contributed by atoms with Crippen molar-refractivity contribution in [3.05, 3.63) is 63.5 Å². The van der Waals surface area contributed by atoms with Gasteiger partial charge in [-0.25, -0.2) is 9.59 Å². The van der Waals surface area contributed by atoms with Crippen LogP contribution in [0.1, 0.15) is 29.8 Å². The number of aryl methyl sites for hydroxylation is 1. The lowest BCUT2D eigenvalue weighted by Gasteiger charge is -2.35. The van der Waals surface area contributed by atoms with E-state index in [1.165, 1.54) is 16.9 Å². The Balaban J connectivity index is 1.73. The van der Waals surface area contributed by atoms with E-state index in [1.807, 2.05) is 29.6 Å². The summed E-state index contributed by atoms with van der Waals surface area (Å²) in [6, 6.07) is 11.3. The van der Waals surface area contributed by atoms with Crippen molar-refractivity contribution in [3.63, 3.8) is 0 Å². The number of fused-ring (bicyclic) bond motifs is 1. The molecule has 28 heavy (non-hydrogen) atoms. The Morgan fingerprint density at radius 2 is 2.14 bits per heavy atom. The van der Waals surface area contributed by atoms with Gasteiger partial charge in [0.15, 0.2) is 0 Å². The van der Waals surface area contributed by atoms with Gasteiger partial charge in [0.25, 0.3) is 0 Å². The molecule has 7 heteroatoms. The molecule has 2 N–H and O–H groups in total. The first-order valence-electron chi connectivity index (χ1n) is 9.51. The van der Waals surface area contributed by atoms with Crippen molar-refractivity contribution < 1.29 is 14.3 Å². The maximum Gasteiger partial charge on any atom is 0.338 e. The molecule has 2 aromatic rings. The fourth-order valence-electron chi connectivity index (χ4n) is 3.83. The lowest BCUT2D eigenvalue weighted by Crippen LogP contribution is -2.48. The molecule has 146 valence electrons. The van der Waals surface area contributed by atoms with Crippen molar-refractivity contribution >= 4 is 29.0 Å². The van der Waals surface area contributed by atoms with Gasteiger partial charge in [0.1, 0.15) is 0 Å². The summed E-state index contributed by atoms with van der Waals surface area (Å²) >= 11 is 1.51. The second-order valence-corrected chi connectivity index (χ2v) is 7.79. The van der Waals surface area contributed by atoms with Gasteiger partial charge in [0.2, 0.25) is 0 Å². The molecule has 0 saturated heterocycles. The number of nitrogens with one attached hydrogen (secondary N) is 2. The highest BCUT2D eigenvalue weighted by Crippen LogP contribution is 2.33. The minimum absolute atomic E-state index is 0.285. The van der Waals surface area contributed by atoms with Crippen LogP contribution in [0.5, 0.6) is 0 Å². The minimum atomic E-state index is -0.497. The van der Waals surface area contributed by atoms with Gasteiger partial charge >= 0.3 is 12.0 Å². The van der Waals surface area contributed by atoms with Gasteiger partial charge in [0.05, 0.1) is 30.5 Å². The lowest BCUT2D eigenvalue weighted by molar-refractivity contribution is -0.139. The Kier molecular flexibility index (Phi) is 5.34. The molecule has 2 amide bonds. The number of para-hydroxylation sites is 1. The maximum absolute atomic E-state index is 12.8. The minimum Gasteiger partial charge on any atom is -0.463 e. The number of benzene rings is 1. The topological polar surface area (TPSA) is 70.7 Å². The van der Waals surface area contributed by atoms with Crippen LogP contribution in [-0.4, -0.2) is 31.7 Å². The monoisotopic (exact) mass is 397 g/mol. The van der Waals surface area contributed by atoms with E-state index >= 15 is 0 Å². The Hall–Kier alpha value is -2.80. The largest absolute Gasteiger partial charge is 0.463 e. The summed E-state index contributed by atoms with van der Waals surface area (Å²) in [6.45, 7) is 3.41. The van der Waals surface area contributed by atoms with Gasteiger partial charge in [-0.1, -0.05) is 24.3 Å². The Morgan fingerprint density at radius 3 is 2.93 bits per heavy atom. The molecular formula is C21H23N3O3S. The highest BCUT2D eigenvalue weighted by Gasteiger charge is 2.35. The van der Waals surface area contributed by atoms with E-state index in [-0.39, 0.29) is 12.6 Å². The van der Waals surface area contributed by atoms with Crippen molar-refractivity contribution in [1.29, 1.82) is 0 Å². The standard InChI is InChI=1S/C21H23N3O3S/c1-2-27-20(25)18-15(22-21(26)23-19(18)17-10-6-12-28-17)13-24-11-5-8-14-7-3-4-9-16(14)24/h3-4,6-7,9-10,12,19H,2,5,8,11,13H2,1H3,(H2,22,23,26)/t19-/m0/s1. The van der Waals surface area contributed by atoms with Crippen LogP contribution in [0, 0.1) is 0 Å². The summed E-state index contributed by atoms with van der Waals surface area (Å²) in [7, 11) is 0. The van der Waals surface area contributed by atoms with Crippen molar-refractivity contribution in [2.45, 2.75) is 25.8 Å². The predicted octanol–water partition coefficient (Wildman–Crippen LogP) is 3.37. The molecule has 4 rings (SSSR count). The molecule has 2 aliphatic rings. The molecule has 0 saturated carbocycles. The smallest absolute Gasteiger partial charge is 0.338 e. The summed E-state index contributed by atoms with van der Waals surface area (Å²) in [5, 5.41) is 7.68. The zero-order valence-corrected chi connectivity index (χ0v) is 16.6. The number of carbonyl (C=O) groups is 2. The third kappa shape index (κ3) is 3.62. The van der Waals surface area contributed by atoms with Gasteiger partial charge in [-0.05, 0) is 42.8 Å². The van der Waals surface area contributed by atoms with Gasteiger partial charge < -0.3 is 20.3 Å². The predicted molar refractivity (Wildman–Crippen MR) is 109 cm³/mol. The van der Waals surface area contributed by atoms with Crippen molar-refractivity contribution in [2.75, 3.05) is 24.6 Å². The molecule has 0 radical (unpaired) electrons. The number of hydrogen-bond acceptors (Lipinski definition) is 5. The van der Waals surface area contributed by atoms with Crippen LogP contribution >= 0.6 is 11.3 Å². The van der Waals surface area contributed by atoms with E-state index in [0.717, 1.165) is 30.0 Å². The number of rotatable bonds is 5. The molecule has 0 bridgehead atoms. The number of thiophene rings is 1. The van der Waals surface area contributed by atoms with E-state index in [2.05, 4.69) is 27.7 Å². The van der Waals surface area contributed by atoms with E-state index in [0.29, 0.717) is 17.8 Å². The Bertz CT molecular complexity index is 907. The van der Waals surface area contributed by atoms with Gasteiger partial charge in [-0.15, -0.1) is 11.3 Å². The Labute approximate surface area is 168 Å². The molecule has 2 aliphatic heterocycles. The SMILES string of the molecule is CCOC(=O)C1=C(CN2CCCc3ccccc32)NC(=O)N[C@H]1c1cccs1. The third-order valence-corrected chi connectivity index (χ3v) is 5.97. The fourth-order valence-corrected chi connectivity index (χ4v) is 4.61. The van der Waals surface area contributed by atoms with Crippen LogP contribution in [-0.2, 0) is 16.0 Å². The van der Waals surface area contributed by atoms with Crippen LogP contribution in [0.15, 0.2) is 53.0 Å². The average molecular weight is 398 g/mol. The van der Waals surface area contributed by atoms with E-state index < -0.39 is 12.0 Å². The fraction of sp³-hybridized carbons (Fsp3) is 0.333. The molecule has 1 aromatic carbocycles. The third-order valence-electron chi connectivity index (χ3n) is 5.03. The summed E-state index contributed by atoms with van der Waals surface area (Å²) in [5.41, 5.74) is 3.54. The second kappa shape index (κ2) is 8.06. The highest BCUT2D eigenvalue weighted by atomic mass is 32.1. The molecule has 0 aliphatic carbocycles. The summed E-state index contributed by atoms with van der Waals surface area (Å²) in [6.07, 6.45) is 2.09. The summed E-state index contributed by atoms with van der Waals surface area (Å²) in [4.78, 5) is 28.3. The number of hydrogen-bond donors (Lipinski definition) is 2. The maximum atomic E-state index is 12.8. The number of anilines is 1. The van der Waals surface area contributed by atoms with Gasteiger partial charge in [-0.2, -0.15) is 0 Å². The molecule has 3 heterocycles. The zero-order chi connectivity index (χ0) is 19.5. The van der Waals surface area contributed by atoms with Crippen molar-refractivity contribution in [1.82, 2.24) is 10.6 Å². The van der Waals surface area contributed by atoms with Gasteiger partial charge in [-0.3, -0.25) is 0 Å². The number of ether oxygens (including phenoxy) is 1. The zero-order valence-electron chi connectivity index (χ0n) is 15.7. The number of nitrogens with zero attached hydrogens (tertiary/aromatic N) is 1. The van der Waals surface area contributed by atoms with E-state index in [9.17, 15) is 9.59 Å². The van der Waals surface area contributed by atoms with Crippen molar-refractivity contribution in [3.8, 4) is 0 Å². The van der Waals surface area contributed by atoms with Crippen LogP contribution < -0.4 is 15.5 Å². The second-order valence-electron chi connectivity index (χ2n) is 6.81. The quantitative estimate of drug-likeness (QED) is 0.759. The molecular weight excluding hydrogens is 374 g/mol. The number of amides is 2. The first-order valence-corrected chi connectivity index (χ1v) is 10.4. The number of esters is 1. The Morgan fingerprint density at radius 1 is 1.29 bits per heavy atom. The number of carbonyl (C=O) groups excluding carboxylic acids is 2. The average Bonchev–Trinajstić information content (AvgIpc) is 3.23. The molecule has 0 fully saturated rings. The molecule has 6 nitrogen and oxygen atoms in total. The highest BCUT2D eigenvalue weighted by molar-refractivity contribution is 7.10. The first-order chi connectivity index (χ1) is 13.7. The first kappa shape index (κ1) is 18.6. The van der Waals surface area contributed by atoms with Crippen molar-refractivity contribution in [2.24, 2.45) is 0 Å². The van der Waals surface area contributed by atoms with Crippen LogP contribution in [0.3, 0.4) is 0 Å². The van der Waals surface area contributed by atoms with Crippen LogP contribution in [0.2, 0.25) is 0 Å². The molecule has 1 atom stereocenters. The lowest BCUT2D eigenvalue weighted by atomic mass is 9.98. The van der Waals surface area contributed by atoms with Crippen LogP contribution in [0.4, 0.5) is 10.5 Å².